The first-order chi connectivity index (χ1) is 16.5. The predicted octanol–water partition coefficient (Wildman–Crippen LogP) is 5.60. The van der Waals surface area contributed by atoms with E-state index < -0.39 is 12.0 Å². The fourth-order valence-electron chi connectivity index (χ4n) is 3.79. The van der Waals surface area contributed by atoms with E-state index in [-0.39, 0.29) is 12.7 Å². The number of thioether (sulfide) groups is 1. The Morgan fingerprint density at radius 2 is 1.97 bits per heavy atom. The molecule has 34 heavy (non-hydrogen) atoms. The molecule has 1 aromatic heterocycles. The topological polar surface area (TPSA) is 78.3 Å². The molecule has 1 N–H and O–H groups in total. The number of anilines is 1. The molecule has 0 spiro atoms. The van der Waals surface area contributed by atoms with Gasteiger partial charge in [-0.15, -0.1) is 5.10 Å². The quantitative estimate of drug-likeness (QED) is 0.317. The number of nitrogens with zero attached hydrogens (tertiary/aromatic N) is 3. The average molecular weight is 479 g/mol. The molecule has 0 amide bonds. The minimum Gasteiger partial charge on any atom is -0.491 e. The first-order valence-electron chi connectivity index (χ1n) is 11.5. The summed E-state index contributed by atoms with van der Waals surface area (Å²) in [4.78, 5) is 18.1. The molecule has 0 bridgehead atoms. The summed E-state index contributed by atoms with van der Waals surface area (Å²) in [5.41, 5.74) is 3.01. The third-order valence-electron chi connectivity index (χ3n) is 5.25. The van der Waals surface area contributed by atoms with Crippen molar-refractivity contribution in [1.82, 2.24) is 14.8 Å². The lowest BCUT2D eigenvalue weighted by Crippen LogP contribution is -2.29. The number of carbonyl (C=O) groups is 1. The Hall–Kier alpha value is -3.26. The van der Waals surface area contributed by atoms with Crippen LogP contribution in [0.3, 0.4) is 0 Å². The van der Waals surface area contributed by atoms with Crippen molar-refractivity contribution in [1.29, 1.82) is 0 Å². The molecule has 0 saturated heterocycles. The molecule has 0 saturated carbocycles. The molecule has 3 aromatic rings. The number of benzene rings is 2. The standard InChI is InChI=1S/C26H30N4O3S/c1-5-14-34-26-28-25-27-18(4)22(24(31)32-16-19-10-7-6-8-11-19)23(30(25)29-26)20-12-9-13-21(15-20)33-17(2)3/h6-13,15,17,23H,5,14,16H2,1-4H3,(H,27,28,29). The van der Waals surface area contributed by atoms with Gasteiger partial charge in [-0.3, -0.25) is 0 Å². The third-order valence-corrected chi connectivity index (χ3v) is 6.29. The lowest BCUT2D eigenvalue weighted by molar-refractivity contribution is -0.140. The van der Waals surface area contributed by atoms with Crippen molar-refractivity contribution in [2.24, 2.45) is 0 Å². The van der Waals surface area contributed by atoms with E-state index in [0.29, 0.717) is 22.4 Å². The molecule has 2 aromatic carbocycles. The van der Waals surface area contributed by atoms with Gasteiger partial charge in [-0.1, -0.05) is 61.2 Å². The molecule has 0 fully saturated rings. The molecule has 0 aliphatic carbocycles. The van der Waals surface area contributed by atoms with Gasteiger partial charge < -0.3 is 14.8 Å². The summed E-state index contributed by atoms with van der Waals surface area (Å²) >= 11 is 1.60. The van der Waals surface area contributed by atoms with Crippen molar-refractivity contribution in [3.05, 3.63) is 77.0 Å². The van der Waals surface area contributed by atoms with Gasteiger partial charge in [0.25, 0.3) is 0 Å². The minimum atomic E-state index is -0.487. The van der Waals surface area contributed by atoms with Crippen LogP contribution in [0.5, 0.6) is 5.75 Å². The van der Waals surface area contributed by atoms with Crippen LogP contribution >= 0.6 is 11.8 Å². The molecule has 178 valence electrons. The average Bonchev–Trinajstić information content (AvgIpc) is 3.23. The Morgan fingerprint density at radius 3 is 2.71 bits per heavy atom. The highest BCUT2D eigenvalue weighted by atomic mass is 32.2. The summed E-state index contributed by atoms with van der Waals surface area (Å²) in [6, 6.07) is 17.0. The highest BCUT2D eigenvalue weighted by Gasteiger charge is 2.35. The summed E-state index contributed by atoms with van der Waals surface area (Å²) < 4.78 is 13.4. The smallest absolute Gasteiger partial charge is 0.338 e. The number of esters is 1. The number of carbonyl (C=O) groups excluding carboxylic acids is 1. The van der Waals surface area contributed by atoms with E-state index in [1.165, 1.54) is 0 Å². The molecule has 1 aliphatic rings. The maximum absolute atomic E-state index is 13.4. The van der Waals surface area contributed by atoms with Gasteiger partial charge in [-0.05, 0) is 50.5 Å². The van der Waals surface area contributed by atoms with Crippen LogP contribution in [0, 0.1) is 0 Å². The van der Waals surface area contributed by atoms with Gasteiger partial charge in [-0.25, -0.2) is 9.48 Å². The zero-order valence-corrected chi connectivity index (χ0v) is 20.8. The zero-order valence-electron chi connectivity index (χ0n) is 19.9. The van der Waals surface area contributed by atoms with Crippen LogP contribution in [0.2, 0.25) is 0 Å². The van der Waals surface area contributed by atoms with Crippen LogP contribution in [-0.4, -0.2) is 32.6 Å². The summed E-state index contributed by atoms with van der Waals surface area (Å²) in [6.45, 7) is 8.16. The minimum absolute atomic E-state index is 0.0369. The fraction of sp³-hybridized carbons (Fsp3) is 0.346. The Bertz CT molecular complexity index is 1170. The van der Waals surface area contributed by atoms with Gasteiger partial charge in [0.05, 0.1) is 11.7 Å². The van der Waals surface area contributed by atoms with Crippen LogP contribution in [0.15, 0.2) is 71.0 Å². The molecule has 7 nitrogen and oxygen atoms in total. The Balaban J connectivity index is 1.71. The van der Waals surface area contributed by atoms with Crippen LogP contribution in [0.4, 0.5) is 5.95 Å². The number of hydrogen-bond donors (Lipinski definition) is 1. The zero-order chi connectivity index (χ0) is 24.1. The van der Waals surface area contributed by atoms with Crippen LogP contribution in [0.1, 0.15) is 51.3 Å². The van der Waals surface area contributed by atoms with Crippen molar-refractivity contribution in [3.63, 3.8) is 0 Å². The van der Waals surface area contributed by atoms with Gasteiger partial charge in [0.1, 0.15) is 18.4 Å². The monoisotopic (exact) mass is 478 g/mol. The van der Waals surface area contributed by atoms with Gasteiger partial charge in [0.2, 0.25) is 11.1 Å². The van der Waals surface area contributed by atoms with Crippen molar-refractivity contribution >= 4 is 23.7 Å². The van der Waals surface area contributed by atoms with Crippen molar-refractivity contribution in [2.75, 3.05) is 11.1 Å². The first kappa shape index (κ1) is 23.9. The Labute approximate surface area is 204 Å². The fourth-order valence-corrected chi connectivity index (χ4v) is 4.47. The predicted molar refractivity (Wildman–Crippen MR) is 134 cm³/mol. The third kappa shape index (κ3) is 5.44. The van der Waals surface area contributed by atoms with E-state index in [4.69, 9.17) is 14.6 Å². The van der Waals surface area contributed by atoms with Crippen LogP contribution in [0.25, 0.3) is 0 Å². The number of nitrogens with one attached hydrogen (secondary N) is 1. The second-order valence-corrected chi connectivity index (χ2v) is 9.44. The highest BCUT2D eigenvalue weighted by Crippen LogP contribution is 2.38. The maximum Gasteiger partial charge on any atom is 0.338 e. The molecule has 4 rings (SSSR count). The summed E-state index contributed by atoms with van der Waals surface area (Å²) in [6.07, 6.45) is 1.06. The number of hydrogen-bond acceptors (Lipinski definition) is 7. The van der Waals surface area contributed by atoms with E-state index in [1.54, 1.807) is 16.4 Å². The molecular formula is C26H30N4O3S. The van der Waals surface area contributed by atoms with Crippen molar-refractivity contribution in [3.8, 4) is 5.75 Å². The second-order valence-electron chi connectivity index (χ2n) is 8.38. The lowest BCUT2D eigenvalue weighted by Gasteiger charge is -2.28. The molecule has 1 aliphatic heterocycles. The van der Waals surface area contributed by atoms with Gasteiger partial charge >= 0.3 is 5.97 Å². The first-order valence-corrected chi connectivity index (χ1v) is 12.5. The molecule has 2 heterocycles. The molecular weight excluding hydrogens is 448 g/mol. The van der Waals surface area contributed by atoms with Gasteiger partial charge in [-0.2, -0.15) is 4.98 Å². The van der Waals surface area contributed by atoms with E-state index in [1.807, 2.05) is 75.4 Å². The van der Waals surface area contributed by atoms with Gasteiger partial charge in [0.15, 0.2) is 0 Å². The largest absolute Gasteiger partial charge is 0.491 e. The second kappa shape index (κ2) is 10.8. The summed E-state index contributed by atoms with van der Waals surface area (Å²) in [5.74, 6) is 1.88. The lowest BCUT2D eigenvalue weighted by atomic mass is 9.95. The molecule has 0 radical (unpaired) electrons. The Kier molecular flexibility index (Phi) is 7.57. The van der Waals surface area contributed by atoms with Crippen molar-refractivity contribution in [2.45, 2.75) is 58.0 Å². The van der Waals surface area contributed by atoms with E-state index in [0.717, 1.165) is 29.1 Å². The molecule has 1 unspecified atom stereocenters. The molecule has 1 atom stereocenters. The van der Waals surface area contributed by atoms with Crippen LogP contribution in [-0.2, 0) is 16.1 Å². The van der Waals surface area contributed by atoms with E-state index in [2.05, 4.69) is 17.2 Å². The molecule has 8 heteroatoms. The normalized spacial score (nSPS) is 15.1. The number of rotatable bonds is 9. The summed E-state index contributed by atoms with van der Waals surface area (Å²) in [5, 5.41) is 8.68. The number of fused-ring (bicyclic) bond motifs is 1. The van der Waals surface area contributed by atoms with Crippen LogP contribution < -0.4 is 10.1 Å². The van der Waals surface area contributed by atoms with E-state index in [9.17, 15) is 4.79 Å². The highest BCUT2D eigenvalue weighted by molar-refractivity contribution is 7.99. The maximum atomic E-state index is 13.4. The number of ether oxygens (including phenoxy) is 2. The number of aromatic nitrogens is 3. The van der Waals surface area contributed by atoms with Gasteiger partial charge in [0, 0.05) is 11.4 Å². The van der Waals surface area contributed by atoms with Crippen molar-refractivity contribution < 1.29 is 14.3 Å². The Morgan fingerprint density at radius 1 is 1.18 bits per heavy atom. The van der Waals surface area contributed by atoms with E-state index >= 15 is 0 Å². The number of allylic oxidation sites excluding steroid dienone is 1. The SMILES string of the molecule is CCCSc1nc2n(n1)C(c1cccc(OC(C)C)c1)C(C(=O)OCc1ccccc1)=C(C)N2. The summed E-state index contributed by atoms with van der Waals surface area (Å²) in [7, 11) is 0.